The summed E-state index contributed by atoms with van der Waals surface area (Å²) in [5.74, 6) is -2.56. The van der Waals surface area contributed by atoms with Gasteiger partial charge in [0.15, 0.2) is 0 Å². The molecule has 3 amide bonds. The Labute approximate surface area is 162 Å². The molecule has 0 fully saturated rings. The van der Waals surface area contributed by atoms with Gasteiger partial charge in [0.1, 0.15) is 11.6 Å². The van der Waals surface area contributed by atoms with Crippen molar-refractivity contribution in [2.24, 2.45) is 0 Å². The molecule has 1 aliphatic rings. The number of carbonyl (C=O) groups excluding carboxylic acids is 3. The number of imide groups is 1. The largest absolute Gasteiger partial charge is 0.356 e. The summed E-state index contributed by atoms with van der Waals surface area (Å²) in [6.07, 6.45) is 0.214. The molecule has 1 N–H and O–H groups in total. The lowest BCUT2D eigenvalue weighted by Crippen LogP contribution is -2.35. The molecule has 0 spiro atoms. The summed E-state index contributed by atoms with van der Waals surface area (Å²) >= 11 is 3.26. The third kappa shape index (κ3) is 4.39. The van der Waals surface area contributed by atoms with Gasteiger partial charge in [-0.2, -0.15) is 0 Å². The predicted octanol–water partition coefficient (Wildman–Crippen LogP) is 3.07. The normalized spacial score (nSPS) is 13.1. The molecule has 3 rings (SSSR count). The summed E-state index contributed by atoms with van der Waals surface area (Å²) in [5.41, 5.74) is 1.05. The van der Waals surface area contributed by atoms with Gasteiger partial charge in [0.2, 0.25) is 5.91 Å². The van der Waals surface area contributed by atoms with Crippen molar-refractivity contribution in [3.63, 3.8) is 0 Å². The van der Waals surface area contributed by atoms with Gasteiger partial charge >= 0.3 is 0 Å². The summed E-state index contributed by atoms with van der Waals surface area (Å²) in [7, 11) is 0. The zero-order valence-electron chi connectivity index (χ0n) is 14.1. The molecule has 27 heavy (non-hydrogen) atoms. The maximum absolute atomic E-state index is 13.1. The zero-order chi connectivity index (χ0) is 19.6. The van der Waals surface area contributed by atoms with Gasteiger partial charge in [-0.25, -0.2) is 8.78 Å². The molecule has 140 valence electrons. The van der Waals surface area contributed by atoms with Gasteiger partial charge in [0.25, 0.3) is 11.8 Å². The first-order chi connectivity index (χ1) is 12.8. The number of nitrogens with zero attached hydrogens (tertiary/aromatic N) is 1. The fourth-order valence-electron chi connectivity index (χ4n) is 2.87. The maximum Gasteiger partial charge on any atom is 0.261 e. The van der Waals surface area contributed by atoms with E-state index in [2.05, 4.69) is 21.2 Å². The van der Waals surface area contributed by atoms with Crippen molar-refractivity contribution in [1.29, 1.82) is 0 Å². The number of halogens is 3. The highest BCUT2D eigenvalue weighted by molar-refractivity contribution is 9.10. The molecule has 0 atom stereocenters. The molecule has 1 heterocycles. The molecule has 0 bridgehead atoms. The predicted molar refractivity (Wildman–Crippen MR) is 97.2 cm³/mol. The fourth-order valence-corrected chi connectivity index (χ4v) is 3.23. The quantitative estimate of drug-likeness (QED) is 0.707. The lowest BCUT2D eigenvalue weighted by molar-refractivity contribution is -0.121. The minimum absolute atomic E-state index is 0.0373. The Morgan fingerprint density at radius 3 is 2.37 bits per heavy atom. The first kappa shape index (κ1) is 19.2. The Balaban J connectivity index is 1.50. The van der Waals surface area contributed by atoms with Crippen LogP contribution in [0.4, 0.5) is 8.78 Å². The van der Waals surface area contributed by atoms with E-state index >= 15 is 0 Å². The number of amides is 3. The third-order valence-corrected chi connectivity index (χ3v) is 4.65. The van der Waals surface area contributed by atoms with E-state index in [-0.39, 0.29) is 31.8 Å². The van der Waals surface area contributed by atoms with Crippen molar-refractivity contribution in [3.05, 3.63) is 69.2 Å². The van der Waals surface area contributed by atoms with Crippen LogP contribution in [0, 0.1) is 11.6 Å². The van der Waals surface area contributed by atoms with Crippen LogP contribution in [0.5, 0.6) is 0 Å². The van der Waals surface area contributed by atoms with Gasteiger partial charge in [-0.15, -0.1) is 0 Å². The number of nitrogens with one attached hydrogen (secondary N) is 1. The van der Waals surface area contributed by atoms with Crippen molar-refractivity contribution in [1.82, 2.24) is 10.2 Å². The Morgan fingerprint density at radius 2 is 1.67 bits per heavy atom. The highest BCUT2D eigenvalue weighted by Gasteiger charge is 2.35. The van der Waals surface area contributed by atoms with Crippen molar-refractivity contribution < 1.29 is 23.2 Å². The van der Waals surface area contributed by atoms with E-state index in [0.29, 0.717) is 21.2 Å². The summed E-state index contributed by atoms with van der Waals surface area (Å²) in [4.78, 5) is 37.6. The van der Waals surface area contributed by atoms with Crippen LogP contribution in [0.3, 0.4) is 0 Å². The lowest BCUT2D eigenvalue weighted by Gasteiger charge is -2.13. The van der Waals surface area contributed by atoms with Crippen molar-refractivity contribution in [2.75, 3.05) is 13.1 Å². The average molecular weight is 437 g/mol. The van der Waals surface area contributed by atoms with Gasteiger partial charge in [-0.1, -0.05) is 15.9 Å². The lowest BCUT2D eigenvalue weighted by atomic mass is 10.1. The molecule has 0 radical (unpaired) electrons. The topological polar surface area (TPSA) is 66.5 Å². The van der Waals surface area contributed by atoms with Gasteiger partial charge < -0.3 is 5.32 Å². The van der Waals surface area contributed by atoms with Crippen LogP contribution in [0.2, 0.25) is 0 Å². The molecule has 0 saturated carbocycles. The number of benzene rings is 2. The summed E-state index contributed by atoms with van der Waals surface area (Å²) in [5, 5.41) is 2.61. The van der Waals surface area contributed by atoms with E-state index < -0.39 is 23.4 Å². The SMILES string of the molecule is O=C(CCN1C(=O)c2ccc(Br)cc2C1=O)NCCc1cc(F)cc(F)c1. The highest BCUT2D eigenvalue weighted by atomic mass is 79.9. The van der Waals surface area contributed by atoms with Crippen LogP contribution in [0.25, 0.3) is 0 Å². The van der Waals surface area contributed by atoms with Crippen LogP contribution in [0.15, 0.2) is 40.9 Å². The summed E-state index contributed by atoms with van der Waals surface area (Å²) in [6, 6.07) is 8.00. The molecule has 2 aromatic carbocycles. The highest BCUT2D eigenvalue weighted by Crippen LogP contribution is 2.26. The second kappa shape index (κ2) is 7.96. The number of hydrogen-bond acceptors (Lipinski definition) is 3. The smallest absolute Gasteiger partial charge is 0.261 e. The second-order valence-electron chi connectivity index (χ2n) is 6.08. The number of fused-ring (bicyclic) bond motifs is 1. The van der Waals surface area contributed by atoms with Crippen molar-refractivity contribution in [2.45, 2.75) is 12.8 Å². The molecular weight excluding hydrogens is 422 g/mol. The molecule has 5 nitrogen and oxygen atoms in total. The molecule has 0 saturated heterocycles. The van der Waals surface area contributed by atoms with E-state index in [1.165, 1.54) is 12.1 Å². The van der Waals surface area contributed by atoms with Crippen molar-refractivity contribution in [3.8, 4) is 0 Å². The summed E-state index contributed by atoms with van der Waals surface area (Å²) in [6.45, 7) is 0.154. The van der Waals surface area contributed by atoms with E-state index in [1.54, 1.807) is 18.2 Å². The standard InChI is InChI=1S/C19H15BrF2N2O3/c20-12-1-2-15-16(9-12)19(27)24(18(15)26)6-4-17(25)23-5-3-11-7-13(21)10-14(22)8-11/h1-2,7-10H,3-6H2,(H,23,25). The Bertz CT molecular complexity index is 913. The van der Waals surface area contributed by atoms with Crippen LogP contribution in [0.1, 0.15) is 32.7 Å². The Kier molecular flexibility index (Phi) is 5.65. The minimum Gasteiger partial charge on any atom is -0.356 e. The molecule has 1 aliphatic heterocycles. The molecule has 0 aromatic heterocycles. The van der Waals surface area contributed by atoms with Gasteiger partial charge in [-0.3, -0.25) is 19.3 Å². The third-order valence-electron chi connectivity index (χ3n) is 4.15. The van der Waals surface area contributed by atoms with E-state index in [9.17, 15) is 23.2 Å². The minimum atomic E-state index is -0.673. The van der Waals surface area contributed by atoms with Crippen LogP contribution >= 0.6 is 15.9 Å². The molecule has 8 heteroatoms. The Morgan fingerprint density at radius 1 is 1.00 bits per heavy atom. The van der Waals surface area contributed by atoms with E-state index in [4.69, 9.17) is 0 Å². The fraction of sp³-hybridized carbons (Fsp3) is 0.211. The van der Waals surface area contributed by atoms with E-state index in [1.807, 2.05) is 0 Å². The number of hydrogen-bond donors (Lipinski definition) is 1. The first-order valence-corrected chi connectivity index (χ1v) is 9.02. The first-order valence-electron chi connectivity index (χ1n) is 8.22. The van der Waals surface area contributed by atoms with Gasteiger partial charge in [-0.05, 0) is 42.3 Å². The summed E-state index contributed by atoms with van der Waals surface area (Å²) < 4.78 is 26.9. The van der Waals surface area contributed by atoms with Crippen LogP contribution in [-0.2, 0) is 11.2 Å². The Hall–Kier alpha value is -2.61. The number of carbonyl (C=O) groups is 3. The zero-order valence-corrected chi connectivity index (χ0v) is 15.7. The van der Waals surface area contributed by atoms with Crippen LogP contribution < -0.4 is 5.32 Å². The number of rotatable bonds is 6. The second-order valence-corrected chi connectivity index (χ2v) is 7.00. The molecule has 2 aromatic rings. The van der Waals surface area contributed by atoms with E-state index in [0.717, 1.165) is 11.0 Å². The maximum atomic E-state index is 13.1. The van der Waals surface area contributed by atoms with Crippen LogP contribution in [-0.4, -0.2) is 35.7 Å². The average Bonchev–Trinajstić information content (AvgIpc) is 2.82. The molecule has 0 aliphatic carbocycles. The van der Waals surface area contributed by atoms with Gasteiger partial charge in [0, 0.05) is 30.0 Å². The molecule has 0 unspecified atom stereocenters. The van der Waals surface area contributed by atoms with Gasteiger partial charge in [0.05, 0.1) is 11.1 Å². The van der Waals surface area contributed by atoms with Crippen molar-refractivity contribution >= 4 is 33.7 Å². The monoisotopic (exact) mass is 436 g/mol. The molecular formula is C19H15BrF2N2O3.